The number of benzene rings is 2. The normalized spacial score (nSPS) is 12.0. The molecular weight excluding hydrogens is 308 g/mol. The van der Waals surface area contributed by atoms with Crippen molar-refractivity contribution >= 4 is 23.4 Å². The lowest BCUT2D eigenvalue weighted by molar-refractivity contribution is 0.211. The molecule has 0 saturated carbocycles. The van der Waals surface area contributed by atoms with Crippen LogP contribution in [0.3, 0.4) is 0 Å². The van der Waals surface area contributed by atoms with Gasteiger partial charge in [-0.05, 0) is 30.0 Å². The van der Waals surface area contributed by atoms with Gasteiger partial charge in [-0.25, -0.2) is 0 Å². The molecule has 0 aliphatic heterocycles. The summed E-state index contributed by atoms with van der Waals surface area (Å²) in [5.41, 5.74) is 1.44. The van der Waals surface area contributed by atoms with Crippen LogP contribution in [0.25, 0.3) is 0 Å². The minimum absolute atomic E-state index is 0.359. The first-order valence-corrected chi connectivity index (χ1v) is 7.95. The number of rotatable bonds is 5. The highest BCUT2D eigenvalue weighted by Gasteiger charge is 2.21. The van der Waals surface area contributed by atoms with Gasteiger partial charge in [0.05, 0.1) is 14.2 Å². The third kappa shape index (κ3) is 3.12. The van der Waals surface area contributed by atoms with Crippen LogP contribution in [0.2, 0.25) is 5.02 Å². The summed E-state index contributed by atoms with van der Waals surface area (Å²) in [7, 11) is 3.07. The van der Waals surface area contributed by atoms with Gasteiger partial charge in [0.2, 0.25) is 0 Å². The molecule has 0 aliphatic carbocycles. The molecule has 112 valence electrons. The van der Waals surface area contributed by atoms with Crippen molar-refractivity contribution in [2.24, 2.45) is 0 Å². The number of halogens is 1. The van der Waals surface area contributed by atoms with E-state index in [0.717, 1.165) is 10.5 Å². The largest absolute Gasteiger partial charge is 0.495 e. The van der Waals surface area contributed by atoms with E-state index in [4.69, 9.17) is 21.1 Å². The summed E-state index contributed by atoms with van der Waals surface area (Å²) in [6, 6.07) is 11.2. The van der Waals surface area contributed by atoms with Crippen LogP contribution in [0, 0.1) is 0 Å². The van der Waals surface area contributed by atoms with E-state index in [1.165, 1.54) is 7.11 Å². The van der Waals surface area contributed by atoms with Crippen molar-refractivity contribution in [3.05, 3.63) is 52.5 Å². The third-order valence-corrected chi connectivity index (χ3v) is 4.41. The summed E-state index contributed by atoms with van der Waals surface area (Å²) < 4.78 is 10.5. The Morgan fingerprint density at radius 3 is 2.38 bits per heavy atom. The minimum atomic E-state index is -0.813. The number of hydrogen-bond donors (Lipinski definition) is 1. The molecule has 0 fully saturated rings. The molecular formula is C16H17ClO3S. The highest BCUT2D eigenvalue weighted by atomic mass is 35.5. The Morgan fingerprint density at radius 1 is 1.05 bits per heavy atom. The molecule has 21 heavy (non-hydrogen) atoms. The van der Waals surface area contributed by atoms with Gasteiger partial charge in [-0.3, -0.25) is 0 Å². The fourth-order valence-electron chi connectivity index (χ4n) is 2.19. The fourth-order valence-corrected chi connectivity index (χ4v) is 3.15. The van der Waals surface area contributed by atoms with E-state index in [1.807, 2.05) is 30.5 Å². The van der Waals surface area contributed by atoms with Gasteiger partial charge in [-0.15, -0.1) is 11.8 Å². The smallest absolute Gasteiger partial charge is 0.147 e. The number of aliphatic hydroxyl groups is 1. The molecule has 1 atom stereocenters. The molecule has 0 amide bonds. The molecule has 0 radical (unpaired) electrons. The topological polar surface area (TPSA) is 38.7 Å². The van der Waals surface area contributed by atoms with Gasteiger partial charge < -0.3 is 14.6 Å². The SMILES string of the molecule is COc1ccc(C(O)c2ccccc2SC)c(OC)c1Cl. The zero-order valence-corrected chi connectivity index (χ0v) is 13.7. The minimum Gasteiger partial charge on any atom is -0.495 e. The molecule has 0 aromatic heterocycles. The van der Waals surface area contributed by atoms with E-state index in [0.29, 0.717) is 22.1 Å². The molecule has 0 saturated heterocycles. The molecule has 0 bridgehead atoms. The zero-order chi connectivity index (χ0) is 15.4. The van der Waals surface area contributed by atoms with E-state index >= 15 is 0 Å². The predicted molar refractivity (Wildman–Crippen MR) is 86.8 cm³/mol. The third-order valence-electron chi connectivity index (χ3n) is 3.24. The summed E-state index contributed by atoms with van der Waals surface area (Å²) in [5.74, 6) is 0.946. The van der Waals surface area contributed by atoms with Gasteiger partial charge >= 0.3 is 0 Å². The Balaban J connectivity index is 2.53. The van der Waals surface area contributed by atoms with Gasteiger partial charge in [-0.2, -0.15) is 0 Å². The maximum Gasteiger partial charge on any atom is 0.147 e. The van der Waals surface area contributed by atoms with Gasteiger partial charge in [0.25, 0.3) is 0 Å². The van der Waals surface area contributed by atoms with Crippen LogP contribution < -0.4 is 9.47 Å². The summed E-state index contributed by atoms with van der Waals surface area (Å²) in [5, 5.41) is 11.1. The maximum absolute atomic E-state index is 10.7. The number of hydrogen-bond acceptors (Lipinski definition) is 4. The molecule has 0 aliphatic rings. The average molecular weight is 325 g/mol. The Kier molecular flexibility index (Phi) is 5.39. The standard InChI is InChI=1S/C16H17ClO3S/c1-19-12-9-8-11(16(20-2)14(12)17)15(18)10-6-4-5-7-13(10)21-3/h4-9,15,18H,1-3H3. The molecule has 0 spiro atoms. The Hall–Kier alpha value is -1.36. The number of ether oxygens (including phenoxy) is 2. The van der Waals surface area contributed by atoms with Crippen molar-refractivity contribution in [3.63, 3.8) is 0 Å². The van der Waals surface area contributed by atoms with Crippen LogP contribution in [0.5, 0.6) is 11.5 Å². The van der Waals surface area contributed by atoms with Crippen LogP contribution in [-0.2, 0) is 0 Å². The molecule has 2 aromatic carbocycles. The van der Waals surface area contributed by atoms with Crippen molar-refractivity contribution in [1.82, 2.24) is 0 Å². The van der Waals surface area contributed by atoms with E-state index in [9.17, 15) is 5.11 Å². The lowest BCUT2D eigenvalue weighted by Gasteiger charge is -2.19. The van der Waals surface area contributed by atoms with Crippen LogP contribution in [0.15, 0.2) is 41.3 Å². The van der Waals surface area contributed by atoms with Crippen molar-refractivity contribution in [3.8, 4) is 11.5 Å². The first-order valence-electron chi connectivity index (χ1n) is 6.35. The predicted octanol–water partition coefficient (Wildman–Crippen LogP) is 4.16. The van der Waals surface area contributed by atoms with Crippen LogP contribution >= 0.6 is 23.4 Å². The molecule has 3 nitrogen and oxygen atoms in total. The Morgan fingerprint density at radius 2 is 1.76 bits per heavy atom. The van der Waals surface area contributed by atoms with Gasteiger partial charge in [0, 0.05) is 10.5 Å². The first-order chi connectivity index (χ1) is 10.1. The van der Waals surface area contributed by atoms with Gasteiger partial charge in [0.15, 0.2) is 0 Å². The van der Waals surface area contributed by atoms with Crippen LogP contribution in [0.1, 0.15) is 17.2 Å². The van der Waals surface area contributed by atoms with Crippen LogP contribution in [-0.4, -0.2) is 25.6 Å². The summed E-state index contributed by atoms with van der Waals surface area (Å²) in [6.07, 6.45) is 1.16. The quantitative estimate of drug-likeness (QED) is 0.838. The molecule has 1 unspecified atom stereocenters. The fraction of sp³-hybridized carbons (Fsp3) is 0.250. The van der Waals surface area contributed by atoms with E-state index in [-0.39, 0.29) is 0 Å². The van der Waals surface area contributed by atoms with Gasteiger partial charge in [-0.1, -0.05) is 29.8 Å². The zero-order valence-electron chi connectivity index (χ0n) is 12.1. The van der Waals surface area contributed by atoms with Gasteiger partial charge in [0.1, 0.15) is 22.6 Å². The van der Waals surface area contributed by atoms with E-state index < -0.39 is 6.10 Å². The molecule has 5 heteroatoms. The number of thioether (sulfide) groups is 1. The lowest BCUT2D eigenvalue weighted by atomic mass is 10.0. The first kappa shape index (κ1) is 16.0. The molecule has 2 aromatic rings. The number of methoxy groups -OCH3 is 2. The summed E-state index contributed by atoms with van der Waals surface area (Å²) in [6.45, 7) is 0. The highest BCUT2D eigenvalue weighted by molar-refractivity contribution is 7.98. The second-order valence-electron chi connectivity index (χ2n) is 4.35. The monoisotopic (exact) mass is 324 g/mol. The van der Waals surface area contributed by atoms with Crippen molar-refractivity contribution < 1.29 is 14.6 Å². The number of aliphatic hydroxyl groups excluding tert-OH is 1. The van der Waals surface area contributed by atoms with E-state index in [1.54, 1.807) is 31.0 Å². The van der Waals surface area contributed by atoms with Crippen LogP contribution in [0.4, 0.5) is 0 Å². The average Bonchev–Trinajstić information content (AvgIpc) is 2.53. The van der Waals surface area contributed by atoms with Crippen molar-refractivity contribution in [2.45, 2.75) is 11.0 Å². The summed E-state index contributed by atoms with van der Waals surface area (Å²) >= 11 is 7.84. The Bertz CT molecular complexity index is 631. The second-order valence-corrected chi connectivity index (χ2v) is 5.57. The molecule has 0 heterocycles. The Labute approximate surface area is 133 Å². The second kappa shape index (κ2) is 7.07. The summed E-state index contributed by atoms with van der Waals surface area (Å²) in [4.78, 5) is 1.01. The van der Waals surface area contributed by atoms with Crippen molar-refractivity contribution in [1.29, 1.82) is 0 Å². The molecule has 2 rings (SSSR count). The molecule has 1 N–H and O–H groups in total. The lowest BCUT2D eigenvalue weighted by Crippen LogP contribution is -2.05. The maximum atomic E-state index is 10.7. The highest BCUT2D eigenvalue weighted by Crippen LogP contribution is 2.42. The van der Waals surface area contributed by atoms with Crippen molar-refractivity contribution in [2.75, 3.05) is 20.5 Å². The van der Waals surface area contributed by atoms with E-state index in [2.05, 4.69) is 0 Å².